The summed E-state index contributed by atoms with van der Waals surface area (Å²) in [6.07, 6.45) is 2.40. The summed E-state index contributed by atoms with van der Waals surface area (Å²) >= 11 is 0. The number of piperidine rings is 1. The van der Waals surface area contributed by atoms with E-state index in [1.165, 1.54) is 18.7 Å². The maximum absolute atomic E-state index is 12.6. The van der Waals surface area contributed by atoms with Crippen molar-refractivity contribution in [2.75, 3.05) is 26.7 Å². The molecule has 162 valence electrons. The zero-order chi connectivity index (χ0) is 21.3. The van der Waals surface area contributed by atoms with Crippen LogP contribution in [0.5, 0.6) is 11.5 Å². The molecule has 3 rings (SSSR count). The Morgan fingerprint density at radius 2 is 1.97 bits per heavy atom. The monoisotopic (exact) mass is 418 g/mol. The number of benzene rings is 2. The minimum atomic E-state index is -2.92. The number of likely N-dealkylation sites (tertiary alicyclic amines) is 1. The molecule has 1 amide bonds. The summed E-state index contributed by atoms with van der Waals surface area (Å²) < 4.78 is 34.7. The second-order valence-electron chi connectivity index (χ2n) is 7.46. The Hall–Kier alpha value is -2.67. The van der Waals surface area contributed by atoms with Gasteiger partial charge < -0.3 is 14.8 Å². The van der Waals surface area contributed by atoms with Crippen molar-refractivity contribution in [1.82, 2.24) is 10.2 Å². The van der Waals surface area contributed by atoms with Crippen molar-refractivity contribution in [3.63, 3.8) is 0 Å². The molecule has 0 aliphatic carbocycles. The molecule has 0 spiro atoms. The highest BCUT2D eigenvalue weighted by Crippen LogP contribution is 2.29. The van der Waals surface area contributed by atoms with E-state index in [-0.39, 0.29) is 23.3 Å². The number of halogens is 2. The summed E-state index contributed by atoms with van der Waals surface area (Å²) in [5.41, 5.74) is 2.04. The van der Waals surface area contributed by atoms with Gasteiger partial charge in [0.2, 0.25) is 5.91 Å². The van der Waals surface area contributed by atoms with Gasteiger partial charge in [0.25, 0.3) is 0 Å². The van der Waals surface area contributed by atoms with Crippen LogP contribution >= 0.6 is 0 Å². The Kier molecular flexibility index (Phi) is 8.02. The van der Waals surface area contributed by atoms with Crippen LogP contribution in [0.25, 0.3) is 0 Å². The van der Waals surface area contributed by atoms with Crippen molar-refractivity contribution >= 4 is 5.91 Å². The smallest absolute Gasteiger partial charge is 0.387 e. The van der Waals surface area contributed by atoms with E-state index in [2.05, 4.69) is 27.1 Å². The summed E-state index contributed by atoms with van der Waals surface area (Å²) in [4.78, 5) is 14.9. The molecular weight excluding hydrogens is 390 g/mol. The summed E-state index contributed by atoms with van der Waals surface area (Å²) in [7, 11) is 1.40. The Bertz CT molecular complexity index is 817. The van der Waals surface area contributed by atoms with Crippen LogP contribution in [0.1, 0.15) is 24.0 Å². The van der Waals surface area contributed by atoms with Crippen LogP contribution in [0.15, 0.2) is 48.5 Å². The van der Waals surface area contributed by atoms with Crippen molar-refractivity contribution in [3.05, 3.63) is 59.7 Å². The molecule has 30 heavy (non-hydrogen) atoms. The highest BCUT2D eigenvalue weighted by molar-refractivity contribution is 5.79. The molecule has 0 saturated carbocycles. The van der Waals surface area contributed by atoms with Gasteiger partial charge in [-0.3, -0.25) is 9.69 Å². The molecule has 7 heteroatoms. The van der Waals surface area contributed by atoms with E-state index in [0.717, 1.165) is 38.0 Å². The molecule has 0 radical (unpaired) electrons. The minimum absolute atomic E-state index is 0.000149. The van der Waals surface area contributed by atoms with Crippen LogP contribution in [0.4, 0.5) is 8.78 Å². The van der Waals surface area contributed by atoms with Gasteiger partial charge in [-0.2, -0.15) is 8.78 Å². The summed E-state index contributed by atoms with van der Waals surface area (Å²) in [5, 5.41) is 2.99. The van der Waals surface area contributed by atoms with Gasteiger partial charge in [-0.15, -0.1) is 0 Å². The number of methoxy groups -OCH3 is 1. The summed E-state index contributed by atoms with van der Waals surface area (Å²) in [6, 6.07) is 15.2. The molecule has 2 aromatic rings. The molecule has 1 unspecified atom stereocenters. The van der Waals surface area contributed by atoms with Gasteiger partial charge in [-0.1, -0.05) is 36.4 Å². The molecule has 1 N–H and O–H groups in total. The molecule has 1 aliphatic rings. The molecule has 0 bridgehead atoms. The predicted octanol–water partition coefficient (Wildman–Crippen LogP) is 3.87. The first kappa shape index (κ1) is 22.0. The number of hydrogen-bond donors (Lipinski definition) is 1. The van der Waals surface area contributed by atoms with E-state index in [1.807, 2.05) is 18.2 Å². The summed E-state index contributed by atoms with van der Waals surface area (Å²) in [5.74, 6) is 0.269. The topological polar surface area (TPSA) is 50.8 Å². The van der Waals surface area contributed by atoms with Crippen LogP contribution in [-0.4, -0.2) is 44.2 Å². The van der Waals surface area contributed by atoms with Crippen LogP contribution in [0.2, 0.25) is 0 Å². The lowest BCUT2D eigenvalue weighted by atomic mass is 9.96. The van der Waals surface area contributed by atoms with E-state index in [9.17, 15) is 13.6 Å². The SMILES string of the molecule is COc1ccc(CCNC(=O)C2CCCN(Cc3ccccc3)C2)cc1OC(F)F. The minimum Gasteiger partial charge on any atom is -0.493 e. The van der Waals surface area contributed by atoms with Gasteiger partial charge in [0.1, 0.15) is 0 Å². The number of carbonyl (C=O) groups excluding carboxylic acids is 1. The molecule has 1 saturated heterocycles. The number of ether oxygens (including phenoxy) is 2. The van der Waals surface area contributed by atoms with E-state index >= 15 is 0 Å². The average molecular weight is 418 g/mol. The average Bonchev–Trinajstić information content (AvgIpc) is 2.74. The third-order valence-electron chi connectivity index (χ3n) is 5.28. The van der Waals surface area contributed by atoms with E-state index in [1.54, 1.807) is 12.1 Å². The van der Waals surface area contributed by atoms with Gasteiger partial charge >= 0.3 is 6.61 Å². The standard InChI is InChI=1S/C23H28F2N2O3/c1-29-20-10-9-17(14-21(20)30-23(24)25)11-12-26-22(28)19-8-5-13-27(16-19)15-18-6-3-2-4-7-18/h2-4,6-7,9-10,14,19,23H,5,8,11-13,15-16H2,1H3,(H,26,28). The highest BCUT2D eigenvalue weighted by Gasteiger charge is 2.25. The van der Waals surface area contributed by atoms with Gasteiger partial charge in [0, 0.05) is 19.6 Å². The first-order valence-electron chi connectivity index (χ1n) is 10.2. The normalized spacial score (nSPS) is 17.0. The molecule has 1 aliphatic heterocycles. The lowest BCUT2D eigenvalue weighted by molar-refractivity contribution is -0.126. The number of carbonyl (C=O) groups is 1. The van der Waals surface area contributed by atoms with Crippen LogP contribution in [0, 0.1) is 5.92 Å². The number of nitrogens with zero attached hydrogens (tertiary/aromatic N) is 1. The van der Waals surface area contributed by atoms with Crippen LogP contribution < -0.4 is 14.8 Å². The Morgan fingerprint density at radius 1 is 1.17 bits per heavy atom. The van der Waals surface area contributed by atoms with E-state index in [4.69, 9.17) is 4.74 Å². The quantitative estimate of drug-likeness (QED) is 0.672. The molecular formula is C23H28F2N2O3. The molecule has 1 atom stereocenters. The van der Waals surface area contributed by atoms with E-state index < -0.39 is 6.61 Å². The third-order valence-corrected chi connectivity index (χ3v) is 5.28. The number of hydrogen-bond acceptors (Lipinski definition) is 4. The van der Waals surface area contributed by atoms with Gasteiger partial charge in [-0.25, -0.2) is 0 Å². The van der Waals surface area contributed by atoms with Crippen LogP contribution in [-0.2, 0) is 17.8 Å². The number of rotatable bonds is 9. The molecule has 0 aromatic heterocycles. The largest absolute Gasteiger partial charge is 0.493 e. The zero-order valence-electron chi connectivity index (χ0n) is 17.2. The first-order valence-corrected chi connectivity index (χ1v) is 10.2. The molecule has 5 nitrogen and oxygen atoms in total. The Morgan fingerprint density at radius 3 is 2.70 bits per heavy atom. The van der Waals surface area contributed by atoms with Crippen molar-refractivity contribution < 1.29 is 23.0 Å². The molecule has 2 aromatic carbocycles. The fraction of sp³-hybridized carbons (Fsp3) is 0.435. The highest BCUT2D eigenvalue weighted by atomic mass is 19.3. The van der Waals surface area contributed by atoms with Crippen molar-refractivity contribution in [2.24, 2.45) is 5.92 Å². The van der Waals surface area contributed by atoms with Gasteiger partial charge in [0.15, 0.2) is 11.5 Å². The molecule has 1 heterocycles. The zero-order valence-corrected chi connectivity index (χ0v) is 17.2. The Labute approximate surface area is 176 Å². The van der Waals surface area contributed by atoms with Crippen molar-refractivity contribution in [3.8, 4) is 11.5 Å². The van der Waals surface area contributed by atoms with Gasteiger partial charge in [0.05, 0.1) is 13.0 Å². The third kappa shape index (κ3) is 6.42. The van der Waals surface area contributed by atoms with Gasteiger partial charge in [-0.05, 0) is 49.1 Å². The molecule has 1 fully saturated rings. The fourth-order valence-electron chi connectivity index (χ4n) is 3.79. The maximum atomic E-state index is 12.6. The number of alkyl halides is 2. The first-order chi connectivity index (χ1) is 14.5. The fourth-order valence-corrected chi connectivity index (χ4v) is 3.79. The maximum Gasteiger partial charge on any atom is 0.387 e. The number of amides is 1. The van der Waals surface area contributed by atoms with Crippen molar-refractivity contribution in [2.45, 2.75) is 32.4 Å². The summed E-state index contributed by atoms with van der Waals surface area (Å²) in [6.45, 7) is 0.115. The number of nitrogens with one attached hydrogen (secondary N) is 1. The van der Waals surface area contributed by atoms with Crippen LogP contribution in [0.3, 0.4) is 0 Å². The van der Waals surface area contributed by atoms with Crippen molar-refractivity contribution in [1.29, 1.82) is 0 Å². The second-order valence-corrected chi connectivity index (χ2v) is 7.46. The predicted molar refractivity (Wildman–Crippen MR) is 111 cm³/mol. The Balaban J connectivity index is 1.48. The lowest BCUT2D eigenvalue weighted by Gasteiger charge is -2.32. The van der Waals surface area contributed by atoms with E-state index in [0.29, 0.717) is 13.0 Å². The lowest BCUT2D eigenvalue weighted by Crippen LogP contribution is -2.43. The second kappa shape index (κ2) is 10.9.